The summed E-state index contributed by atoms with van der Waals surface area (Å²) in [6.45, 7) is 0.527. The van der Waals surface area contributed by atoms with E-state index in [9.17, 15) is 14.7 Å². The first kappa shape index (κ1) is 21.4. The Morgan fingerprint density at radius 2 is 1.83 bits per heavy atom. The van der Waals surface area contributed by atoms with Crippen LogP contribution in [0.25, 0.3) is 0 Å². The lowest BCUT2D eigenvalue weighted by atomic mass is 10.1. The average Bonchev–Trinajstić information content (AvgIpc) is 3.26. The van der Waals surface area contributed by atoms with Crippen LogP contribution in [0.1, 0.15) is 28.8 Å². The van der Waals surface area contributed by atoms with Crippen molar-refractivity contribution in [1.29, 1.82) is 0 Å². The van der Waals surface area contributed by atoms with Gasteiger partial charge in [-0.3, -0.25) is 10.1 Å². The molecule has 1 heterocycles. The van der Waals surface area contributed by atoms with Crippen LogP contribution in [0.5, 0.6) is 11.5 Å². The number of hydrogen-bond acceptors (Lipinski definition) is 6. The number of carbonyl (C=O) groups is 2. The molecular weight excluding hydrogens is 388 g/mol. The highest BCUT2D eigenvalue weighted by Crippen LogP contribution is 2.35. The number of rotatable bonds is 7. The van der Waals surface area contributed by atoms with Gasteiger partial charge in [0.1, 0.15) is 6.61 Å². The molecule has 2 aromatic rings. The lowest BCUT2D eigenvalue weighted by Gasteiger charge is -2.25. The third-order valence-corrected chi connectivity index (χ3v) is 5.05. The van der Waals surface area contributed by atoms with Gasteiger partial charge < -0.3 is 24.2 Å². The van der Waals surface area contributed by atoms with Crippen molar-refractivity contribution in [1.82, 2.24) is 4.90 Å². The fraction of sp³-hybridized carbons (Fsp3) is 0.364. The molecule has 160 valence electrons. The second kappa shape index (κ2) is 9.98. The standard InChI is InChI=1S/C22H26N2O6/c1-28-19-11-17(21(26)24-10-6-9-16(24)13-25)18(12-20(19)29-2)23-22(27)30-14-15-7-4-3-5-8-15/h3-5,7-8,11-12,16,25H,6,9-10,13-14H2,1-2H3,(H,23,27)/t16-/m0/s1. The number of ether oxygens (including phenoxy) is 3. The Hall–Kier alpha value is -3.26. The summed E-state index contributed by atoms with van der Waals surface area (Å²) in [6, 6.07) is 12.1. The van der Waals surface area contributed by atoms with Gasteiger partial charge >= 0.3 is 6.09 Å². The van der Waals surface area contributed by atoms with Crippen LogP contribution in [0.3, 0.4) is 0 Å². The minimum absolute atomic E-state index is 0.0992. The molecule has 2 N–H and O–H groups in total. The molecule has 30 heavy (non-hydrogen) atoms. The van der Waals surface area contributed by atoms with Crippen LogP contribution >= 0.6 is 0 Å². The molecule has 1 atom stereocenters. The van der Waals surface area contributed by atoms with Crippen molar-refractivity contribution < 1.29 is 28.9 Å². The number of aliphatic hydroxyl groups is 1. The summed E-state index contributed by atoms with van der Waals surface area (Å²) in [7, 11) is 2.94. The van der Waals surface area contributed by atoms with E-state index in [2.05, 4.69) is 5.32 Å². The summed E-state index contributed by atoms with van der Waals surface area (Å²) in [4.78, 5) is 27.2. The van der Waals surface area contributed by atoms with E-state index in [1.807, 2.05) is 30.3 Å². The van der Waals surface area contributed by atoms with Gasteiger partial charge in [-0.2, -0.15) is 0 Å². The first-order valence-corrected chi connectivity index (χ1v) is 9.73. The highest BCUT2D eigenvalue weighted by atomic mass is 16.5. The van der Waals surface area contributed by atoms with Gasteiger partial charge in [0.25, 0.3) is 5.91 Å². The quantitative estimate of drug-likeness (QED) is 0.723. The number of likely N-dealkylation sites (tertiary alicyclic amines) is 1. The van der Waals surface area contributed by atoms with E-state index in [0.717, 1.165) is 18.4 Å². The molecule has 3 rings (SSSR count). The molecule has 0 unspecified atom stereocenters. The van der Waals surface area contributed by atoms with E-state index in [0.29, 0.717) is 18.0 Å². The van der Waals surface area contributed by atoms with Crippen molar-refractivity contribution in [2.45, 2.75) is 25.5 Å². The monoisotopic (exact) mass is 414 g/mol. The Kier molecular flexibility index (Phi) is 7.13. The van der Waals surface area contributed by atoms with E-state index >= 15 is 0 Å². The topological polar surface area (TPSA) is 97.3 Å². The minimum Gasteiger partial charge on any atom is -0.493 e. The Labute approximate surface area is 175 Å². The molecule has 0 bridgehead atoms. The summed E-state index contributed by atoms with van der Waals surface area (Å²) < 4.78 is 15.9. The maximum absolute atomic E-state index is 13.2. The molecule has 2 amide bonds. The number of anilines is 1. The van der Waals surface area contributed by atoms with Crippen molar-refractivity contribution in [3.8, 4) is 11.5 Å². The predicted octanol–water partition coefficient (Wildman–Crippen LogP) is 3.05. The molecular formula is C22H26N2O6. The number of hydrogen-bond donors (Lipinski definition) is 2. The number of nitrogens with zero attached hydrogens (tertiary/aromatic N) is 1. The second-order valence-electron chi connectivity index (χ2n) is 6.92. The van der Waals surface area contributed by atoms with Crippen LogP contribution in [0.2, 0.25) is 0 Å². The molecule has 1 saturated heterocycles. The number of carbonyl (C=O) groups excluding carboxylic acids is 2. The van der Waals surface area contributed by atoms with Gasteiger partial charge in [0.05, 0.1) is 38.1 Å². The largest absolute Gasteiger partial charge is 0.493 e. The number of nitrogens with one attached hydrogen (secondary N) is 1. The van der Waals surface area contributed by atoms with E-state index in [1.54, 1.807) is 4.90 Å². The predicted molar refractivity (Wildman–Crippen MR) is 111 cm³/mol. The number of methoxy groups -OCH3 is 2. The number of amides is 2. The zero-order valence-electron chi connectivity index (χ0n) is 17.1. The van der Waals surface area contributed by atoms with Crippen LogP contribution in [0, 0.1) is 0 Å². The van der Waals surface area contributed by atoms with Gasteiger partial charge in [0, 0.05) is 12.6 Å². The first-order valence-electron chi connectivity index (χ1n) is 9.73. The lowest BCUT2D eigenvalue weighted by Crippen LogP contribution is -2.38. The van der Waals surface area contributed by atoms with Crippen LogP contribution in [-0.2, 0) is 11.3 Å². The maximum Gasteiger partial charge on any atom is 0.411 e. The van der Waals surface area contributed by atoms with E-state index in [-0.39, 0.29) is 36.4 Å². The van der Waals surface area contributed by atoms with Crippen molar-refractivity contribution in [2.75, 3.05) is 32.7 Å². The first-order chi connectivity index (χ1) is 14.6. The summed E-state index contributed by atoms with van der Waals surface area (Å²) in [5.41, 5.74) is 1.34. The van der Waals surface area contributed by atoms with Gasteiger partial charge in [-0.25, -0.2) is 4.79 Å². The fourth-order valence-electron chi connectivity index (χ4n) is 3.48. The van der Waals surface area contributed by atoms with Crippen LogP contribution in [0.15, 0.2) is 42.5 Å². The van der Waals surface area contributed by atoms with Crippen molar-refractivity contribution in [2.24, 2.45) is 0 Å². The van der Waals surface area contributed by atoms with E-state index in [4.69, 9.17) is 14.2 Å². The Balaban J connectivity index is 1.84. The lowest BCUT2D eigenvalue weighted by molar-refractivity contribution is 0.0678. The van der Waals surface area contributed by atoms with E-state index < -0.39 is 6.09 Å². The van der Waals surface area contributed by atoms with Gasteiger partial charge in [-0.05, 0) is 24.5 Å². The smallest absolute Gasteiger partial charge is 0.411 e. The highest BCUT2D eigenvalue weighted by Gasteiger charge is 2.31. The molecule has 0 spiro atoms. The van der Waals surface area contributed by atoms with Crippen molar-refractivity contribution in [3.63, 3.8) is 0 Å². The maximum atomic E-state index is 13.2. The fourth-order valence-corrected chi connectivity index (χ4v) is 3.48. The zero-order chi connectivity index (χ0) is 21.5. The summed E-state index contributed by atoms with van der Waals surface area (Å²) in [6.07, 6.45) is 0.851. The summed E-state index contributed by atoms with van der Waals surface area (Å²) in [5, 5.41) is 12.2. The number of aliphatic hydroxyl groups excluding tert-OH is 1. The third kappa shape index (κ3) is 4.83. The van der Waals surface area contributed by atoms with E-state index in [1.165, 1.54) is 26.4 Å². The van der Waals surface area contributed by atoms with Crippen LogP contribution < -0.4 is 14.8 Å². The Morgan fingerprint density at radius 3 is 2.50 bits per heavy atom. The average molecular weight is 414 g/mol. The van der Waals surface area contributed by atoms with Gasteiger partial charge in [0.2, 0.25) is 0 Å². The number of benzene rings is 2. The Bertz CT molecular complexity index is 887. The van der Waals surface area contributed by atoms with Crippen molar-refractivity contribution >= 4 is 17.7 Å². The summed E-state index contributed by atoms with van der Waals surface area (Å²) >= 11 is 0. The molecule has 0 radical (unpaired) electrons. The van der Waals surface area contributed by atoms with Crippen LogP contribution in [-0.4, -0.2) is 55.4 Å². The molecule has 1 aliphatic heterocycles. The minimum atomic E-state index is -0.694. The SMILES string of the molecule is COc1cc(NC(=O)OCc2ccccc2)c(C(=O)N2CCC[C@H]2CO)cc1OC. The molecule has 8 nitrogen and oxygen atoms in total. The molecule has 0 saturated carbocycles. The Morgan fingerprint density at radius 1 is 1.13 bits per heavy atom. The molecule has 1 aliphatic rings. The molecule has 1 fully saturated rings. The van der Waals surface area contributed by atoms with Crippen molar-refractivity contribution in [3.05, 3.63) is 53.6 Å². The van der Waals surface area contributed by atoms with Gasteiger partial charge in [0.15, 0.2) is 11.5 Å². The molecule has 0 aromatic heterocycles. The summed E-state index contributed by atoms with van der Waals surface area (Å²) in [5.74, 6) is 0.433. The van der Waals surface area contributed by atoms with Crippen LogP contribution in [0.4, 0.5) is 10.5 Å². The third-order valence-electron chi connectivity index (χ3n) is 5.05. The normalized spacial score (nSPS) is 15.6. The second-order valence-corrected chi connectivity index (χ2v) is 6.92. The zero-order valence-corrected chi connectivity index (χ0v) is 17.1. The molecule has 0 aliphatic carbocycles. The highest BCUT2D eigenvalue weighted by molar-refractivity contribution is 6.03. The molecule has 8 heteroatoms. The van der Waals surface area contributed by atoms with Gasteiger partial charge in [-0.15, -0.1) is 0 Å². The molecule has 2 aromatic carbocycles. The van der Waals surface area contributed by atoms with Gasteiger partial charge in [-0.1, -0.05) is 30.3 Å².